The van der Waals surface area contributed by atoms with Crippen molar-refractivity contribution in [1.29, 1.82) is 5.39 Å². The van der Waals surface area contributed by atoms with Crippen LogP contribution >= 0.6 is 31.0 Å². The number of azo groups is 2. The van der Waals surface area contributed by atoms with Gasteiger partial charge in [-0.2, -0.15) is 5.11 Å². The summed E-state index contributed by atoms with van der Waals surface area (Å²) < 4.78 is 130. The Hall–Kier alpha value is -10.5. The van der Waals surface area contributed by atoms with Gasteiger partial charge in [-0.15, -0.1) is 20.1 Å². The van der Waals surface area contributed by atoms with E-state index in [2.05, 4.69) is 40.6 Å². The Morgan fingerprint density at radius 2 is 1.01 bits per heavy atom. The first-order valence-corrected chi connectivity index (χ1v) is 26.6. The Morgan fingerprint density at radius 3 is 1.48 bits per heavy atom. The van der Waals surface area contributed by atoms with Gasteiger partial charge in [-0.05, 0) is 132 Å². The Morgan fingerprint density at radius 1 is 0.588 bits per heavy atom. The fraction of sp³-hybridized carbons (Fsp3) is 0.0308. The van der Waals surface area contributed by atoms with Gasteiger partial charge in [-0.1, -0.05) is 138 Å². The van der Waals surface area contributed by atoms with E-state index in [1.807, 2.05) is 0 Å². The van der Waals surface area contributed by atoms with Gasteiger partial charge in [0.25, 0.3) is 23.1 Å². The zero-order valence-electron chi connectivity index (χ0n) is 58.9. The van der Waals surface area contributed by atoms with E-state index >= 15 is 0 Å². The number of phenols is 2. The summed E-state index contributed by atoms with van der Waals surface area (Å²) in [5.74, 6) is -2.35. The van der Waals surface area contributed by atoms with Crippen molar-refractivity contribution >= 4 is 121 Å². The molecule has 0 fully saturated rings. The van der Waals surface area contributed by atoms with Crippen LogP contribution in [0.15, 0.2) is 245 Å². The number of nitrogens with zero attached hydrogens (tertiary/aromatic N) is 6. The summed E-state index contributed by atoms with van der Waals surface area (Å²) in [6.07, 6.45) is 1.61. The number of benzene rings is 11. The van der Waals surface area contributed by atoms with E-state index in [1.54, 1.807) is 129 Å². The van der Waals surface area contributed by atoms with Crippen LogP contribution in [0.4, 0.5) is 39.8 Å². The van der Waals surface area contributed by atoms with Gasteiger partial charge in [0.15, 0.2) is 16.4 Å². The number of phosphoric acid groups is 1. The zero-order chi connectivity index (χ0) is 73.5. The molecule has 11 aromatic carbocycles. The Balaban J connectivity index is 0.000000177. The highest BCUT2D eigenvalue weighted by molar-refractivity contribution is 7.45. The number of carbonyl (C=O) groups is 2. The molecule has 20 heteroatoms. The predicted octanol–water partition coefficient (Wildman–Crippen LogP) is 17.7. The van der Waals surface area contributed by atoms with Gasteiger partial charge in [0.2, 0.25) is 5.39 Å². The standard InChI is InChI=1S/C24H18ClN3O2.C18H15ClNO5P.C17H10N2O2.C6H5N2/c1-15-13-17(25)11-12-21(15)26-24(30)20-14-16-7-5-6-10-19(16)22(23(20)29)28-27-18-8-3-2-4-9-18;1-11-8-14(19)6-7-16(11)20-18(21)15-9-12-4-2-3-5-13(12)10-17(15)25-26(22,23)24;20-11-13-10-12-6-4-5-9-15(12)16(17(13)21)19-18-14-7-2-1-3-8-14;7-8-6-4-2-1-3-5-6/h2-14,29H,1H3,(H,26,30);2-10H,1H3,(H,20,21)(H2,22,23,24);1-10H;1-5H/q;;;+1/i2D,3D,4D,8D,9D;;1D,2D,3D,7D,8D;1D,2D,3D,4D,5D. The number of aryl methyl sites for hydroxylation is 2. The third-order valence-corrected chi connectivity index (χ3v) is 12.5. The number of diazo groups is 1. The number of fused-ring (bicyclic) bond motifs is 3. The second-order valence-corrected chi connectivity index (χ2v) is 19.3. The SMILES string of the molecule is Cc1cc(Cl)ccc1NC(=O)c1cc2ccccc2cc1OP(=O)([O-])O.[2H]c1c([2H])c([2H])c(N=Nc2c(O)c(C(=O)Nc3ccc(Cl)cc3C)cc3ccccc23)c([2H])c1[2H].[2H]c1c([2H])c([2H])c(N=Nc2c(O)c([C+]=O)cc3ccccc23)c([2H])c1[2H].[2H]c1c([2H])c([2H])c([N+]#N)c([2H])c1[2H]. The predicted molar refractivity (Wildman–Crippen MR) is 331 cm³/mol. The van der Waals surface area contributed by atoms with Crippen LogP contribution < -0.4 is 20.1 Å². The third-order valence-electron chi connectivity index (χ3n) is 11.6. The molecule has 11 aromatic rings. The van der Waals surface area contributed by atoms with E-state index in [1.165, 1.54) is 24.3 Å². The Bertz CT molecular complexity index is 5260. The van der Waals surface area contributed by atoms with Crippen LogP contribution in [-0.4, -0.2) is 33.2 Å². The van der Waals surface area contributed by atoms with Gasteiger partial charge in [0.05, 0.1) is 49.1 Å². The normalized spacial score (nSPS) is 13.9. The molecule has 0 saturated carbocycles. The van der Waals surface area contributed by atoms with Gasteiger partial charge in [0.1, 0.15) is 11.4 Å². The van der Waals surface area contributed by atoms with Crippen LogP contribution in [-0.2, 0) is 9.36 Å². The number of amides is 2. The number of carbonyl (C=O) groups excluding carboxylic acids is 3. The molecule has 17 nitrogen and oxygen atoms in total. The summed E-state index contributed by atoms with van der Waals surface area (Å²) in [5, 5.41) is 55.2. The van der Waals surface area contributed by atoms with Crippen molar-refractivity contribution < 1.29 is 64.0 Å². The third kappa shape index (κ3) is 16.4. The molecule has 0 aromatic heterocycles. The fourth-order valence-corrected chi connectivity index (χ4v) is 8.53. The number of hydrogen-bond donors (Lipinski definition) is 5. The number of nitrogens with one attached hydrogen (secondary N) is 2. The molecule has 85 heavy (non-hydrogen) atoms. The van der Waals surface area contributed by atoms with Gasteiger partial charge in [-0.3, -0.25) is 14.2 Å². The second-order valence-electron chi connectivity index (χ2n) is 17.3. The second kappa shape index (κ2) is 28.4. The smallest absolute Gasteiger partial charge is 0.385 e. The number of phenolic OH excluding ortho intramolecular Hbond substituents is 2. The maximum Gasteiger partial charge on any atom is 0.385 e. The highest BCUT2D eigenvalue weighted by Crippen LogP contribution is 2.42. The maximum atomic E-state index is 13.1. The largest absolute Gasteiger partial charge is 0.746 e. The lowest BCUT2D eigenvalue weighted by atomic mass is 10.0. The number of aromatic hydroxyl groups is 2. The number of phosphoric ester groups is 1. The van der Waals surface area contributed by atoms with Crippen LogP contribution in [0, 0.1) is 19.2 Å². The number of halogens is 2. The van der Waals surface area contributed by atoms with E-state index in [4.69, 9.17) is 54.0 Å². The summed E-state index contributed by atoms with van der Waals surface area (Å²) in [6, 6.07) is 28.6. The first-order chi connectivity index (χ1) is 47.2. The Kier molecular flexibility index (Phi) is 14.5. The van der Waals surface area contributed by atoms with Crippen molar-refractivity contribution in [3.8, 4) is 17.2 Å². The van der Waals surface area contributed by atoms with Crippen LogP contribution in [0.25, 0.3) is 37.3 Å². The minimum absolute atomic E-state index is 0.0248. The van der Waals surface area contributed by atoms with E-state index in [-0.39, 0.29) is 45.2 Å². The molecule has 0 radical (unpaired) electrons. The Labute approximate surface area is 518 Å². The molecule has 1 atom stereocenters. The average molecular weight is 1200 g/mol. The first-order valence-electron chi connectivity index (χ1n) is 31.9. The quantitative estimate of drug-likeness (QED) is 0.0354. The molecule has 5 N–H and O–H groups in total. The van der Waals surface area contributed by atoms with Crippen molar-refractivity contribution in [2.45, 2.75) is 13.8 Å². The van der Waals surface area contributed by atoms with Crippen molar-refractivity contribution in [2.75, 3.05) is 10.6 Å². The van der Waals surface area contributed by atoms with Crippen molar-refractivity contribution in [1.82, 2.24) is 0 Å². The van der Waals surface area contributed by atoms with Crippen LogP contribution in [0.3, 0.4) is 0 Å². The lowest BCUT2D eigenvalue weighted by Crippen LogP contribution is -2.15. The fourth-order valence-electron chi connectivity index (χ4n) is 7.68. The number of rotatable bonds is 11. The molecule has 0 aliphatic carbocycles. The van der Waals surface area contributed by atoms with Gasteiger partial charge in [0, 0.05) is 49.7 Å². The molecular formula is C65H48Cl2N8O9P+. The number of anilines is 2. The topological polar surface area (TPSA) is 263 Å². The van der Waals surface area contributed by atoms with Crippen molar-refractivity contribution in [3.05, 3.63) is 267 Å². The van der Waals surface area contributed by atoms with Crippen LogP contribution in [0.5, 0.6) is 17.2 Å². The molecule has 0 bridgehead atoms. The van der Waals surface area contributed by atoms with Gasteiger partial charge in [-0.25, -0.2) is 0 Å². The summed E-state index contributed by atoms with van der Waals surface area (Å²) >= 11 is 11.9. The molecule has 0 aliphatic heterocycles. The summed E-state index contributed by atoms with van der Waals surface area (Å²) in [7, 11) is -5.08. The first kappa shape index (κ1) is 43.2. The van der Waals surface area contributed by atoms with Crippen LogP contribution in [0.1, 0.15) is 58.0 Å². The molecule has 0 heterocycles. The molecule has 0 aliphatic rings. The van der Waals surface area contributed by atoms with Gasteiger partial charge >= 0.3 is 19.8 Å². The van der Waals surface area contributed by atoms with Crippen molar-refractivity contribution in [2.24, 2.45) is 20.5 Å². The van der Waals surface area contributed by atoms with Crippen LogP contribution in [0.2, 0.25) is 10.0 Å². The molecule has 11 rings (SSSR count). The summed E-state index contributed by atoms with van der Waals surface area (Å²) in [5.41, 5.74) is 0.980. The maximum absolute atomic E-state index is 13.1. The van der Waals surface area contributed by atoms with E-state index < -0.39 is 127 Å². The van der Waals surface area contributed by atoms with E-state index in [9.17, 15) is 34.1 Å². The zero-order valence-corrected chi connectivity index (χ0v) is 46.3. The highest BCUT2D eigenvalue weighted by Gasteiger charge is 2.23. The minimum Gasteiger partial charge on any atom is -0.746 e. The molecule has 0 spiro atoms. The van der Waals surface area contributed by atoms with Gasteiger partial charge < -0.3 is 35.2 Å². The van der Waals surface area contributed by atoms with E-state index in [0.29, 0.717) is 48.4 Å². The van der Waals surface area contributed by atoms with Crippen molar-refractivity contribution in [3.63, 3.8) is 0 Å². The van der Waals surface area contributed by atoms with E-state index in [0.717, 1.165) is 16.5 Å². The lowest BCUT2D eigenvalue weighted by molar-refractivity contribution is -0.211. The summed E-state index contributed by atoms with van der Waals surface area (Å²) in [4.78, 5) is 59.7. The monoisotopic (exact) mass is 1200 g/mol. The number of hydrogen-bond acceptors (Lipinski definition) is 13. The molecule has 420 valence electrons. The summed E-state index contributed by atoms with van der Waals surface area (Å²) in [6.45, 7) is 3.56. The average Bonchev–Trinajstić information content (AvgIpc) is 0.803. The molecule has 1 unspecified atom stereocenters. The lowest BCUT2D eigenvalue weighted by Gasteiger charge is -2.20. The minimum atomic E-state index is -5.08. The highest BCUT2D eigenvalue weighted by atomic mass is 35.5. The molecular weight excluding hydrogens is 1140 g/mol. The molecule has 2 amide bonds. The molecule has 0 saturated heterocycles.